The highest BCUT2D eigenvalue weighted by Gasteiger charge is 2.39. The predicted octanol–water partition coefficient (Wildman–Crippen LogP) is 2.63. The molecule has 15 heavy (non-hydrogen) atoms. The van der Waals surface area contributed by atoms with Crippen LogP contribution in [0.5, 0.6) is 0 Å². The second-order valence-corrected chi connectivity index (χ2v) is 4.35. The summed E-state index contributed by atoms with van der Waals surface area (Å²) in [5.41, 5.74) is -0.943. The van der Waals surface area contributed by atoms with Gasteiger partial charge in [-0.2, -0.15) is 0 Å². The summed E-state index contributed by atoms with van der Waals surface area (Å²) in [6.07, 6.45) is 7.72. The normalized spacial score (nSPS) is 22.5. The van der Waals surface area contributed by atoms with Crippen molar-refractivity contribution in [3.63, 3.8) is 0 Å². The Hall–Kier alpha value is -0.890. The Morgan fingerprint density at radius 3 is 2.40 bits per heavy atom. The SMILES string of the molecule is C=CCC(O)(CC=C)C1CCCCC1=O. The lowest BCUT2D eigenvalue weighted by Gasteiger charge is -2.36. The smallest absolute Gasteiger partial charge is 0.138 e. The third-order valence-electron chi connectivity index (χ3n) is 3.20. The molecule has 0 aliphatic heterocycles. The minimum Gasteiger partial charge on any atom is -0.388 e. The molecular formula is C13H20O2. The Kier molecular flexibility index (Phi) is 4.28. The molecule has 2 heteroatoms. The van der Waals surface area contributed by atoms with Gasteiger partial charge in [0.1, 0.15) is 5.78 Å². The predicted molar refractivity (Wildman–Crippen MR) is 61.5 cm³/mol. The van der Waals surface area contributed by atoms with Crippen LogP contribution in [0, 0.1) is 5.92 Å². The van der Waals surface area contributed by atoms with E-state index in [0.29, 0.717) is 19.3 Å². The molecule has 1 rings (SSSR count). The molecule has 0 aromatic carbocycles. The summed E-state index contributed by atoms with van der Waals surface area (Å²) in [6, 6.07) is 0. The topological polar surface area (TPSA) is 37.3 Å². The monoisotopic (exact) mass is 208 g/mol. The molecule has 0 amide bonds. The molecule has 0 aromatic heterocycles. The molecule has 1 N–H and O–H groups in total. The lowest BCUT2D eigenvalue weighted by atomic mass is 9.73. The van der Waals surface area contributed by atoms with Gasteiger partial charge in [0, 0.05) is 12.3 Å². The van der Waals surface area contributed by atoms with Crippen LogP contribution in [0.2, 0.25) is 0 Å². The number of Topliss-reactive ketones (excluding diaryl/α,β-unsaturated/α-hetero) is 1. The largest absolute Gasteiger partial charge is 0.388 e. The summed E-state index contributed by atoms with van der Waals surface area (Å²) in [7, 11) is 0. The van der Waals surface area contributed by atoms with Crippen molar-refractivity contribution in [3.05, 3.63) is 25.3 Å². The molecule has 0 saturated heterocycles. The van der Waals surface area contributed by atoms with E-state index in [4.69, 9.17) is 0 Å². The van der Waals surface area contributed by atoms with E-state index in [1.165, 1.54) is 0 Å². The van der Waals surface area contributed by atoms with Crippen LogP contribution in [0.1, 0.15) is 38.5 Å². The van der Waals surface area contributed by atoms with E-state index in [-0.39, 0.29) is 11.7 Å². The number of hydrogen-bond donors (Lipinski definition) is 1. The van der Waals surface area contributed by atoms with Gasteiger partial charge in [0.2, 0.25) is 0 Å². The second-order valence-electron chi connectivity index (χ2n) is 4.35. The average Bonchev–Trinajstić information content (AvgIpc) is 2.19. The molecule has 1 saturated carbocycles. The minimum absolute atomic E-state index is 0.201. The Morgan fingerprint density at radius 2 is 1.93 bits per heavy atom. The van der Waals surface area contributed by atoms with Crippen molar-refractivity contribution in [2.45, 2.75) is 44.1 Å². The van der Waals surface area contributed by atoms with Gasteiger partial charge >= 0.3 is 0 Å². The van der Waals surface area contributed by atoms with Crippen LogP contribution in [-0.4, -0.2) is 16.5 Å². The summed E-state index contributed by atoms with van der Waals surface area (Å²) in [5.74, 6) is -0.0188. The highest BCUT2D eigenvalue weighted by molar-refractivity contribution is 5.82. The second kappa shape index (κ2) is 5.26. The number of aliphatic hydroxyl groups is 1. The molecule has 0 aromatic rings. The maximum atomic E-state index is 11.8. The van der Waals surface area contributed by atoms with Crippen molar-refractivity contribution in [1.82, 2.24) is 0 Å². The Bertz CT molecular complexity index is 245. The van der Waals surface area contributed by atoms with Gasteiger partial charge in [-0.05, 0) is 25.7 Å². The third-order valence-corrected chi connectivity index (χ3v) is 3.20. The van der Waals surface area contributed by atoms with Crippen LogP contribution >= 0.6 is 0 Å². The van der Waals surface area contributed by atoms with E-state index >= 15 is 0 Å². The summed E-state index contributed by atoms with van der Waals surface area (Å²) < 4.78 is 0. The van der Waals surface area contributed by atoms with Crippen LogP contribution in [0.4, 0.5) is 0 Å². The van der Waals surface area contributed by atoms with Crippen LogP contribution < -0.4 is 0 Å². The summed E-state index contributed by atoms with van der Waals surface area (Å²) in [4.78, 5) is 11.8. The number of carbonyl (C=O) groups is 1. The number of hydrogen-bond acceptors (Lipinski definition) is 2. The van der Waals surface area contributed by atoms with Gasteiger partial charge in [0.25, 0.3) is 0 Å². The van der Waals surface area contributed by atoms with Crippen molar-refractivity contribution < 1.29 is 9.90 Å². The Labute approximate surface area is 91.7 Å². The molecule has 1 atom stereocenters. The van der Waals surface area contributed by atoms with Gasteiger partial charge < -0.3 is 5.11 Å². The van der Waals surface area contributed by atoms with Gasteiger partial charge in [0.15, 0.2) is 0 Å². The zero-order chi connectivity index (χ0) is 11.3. The summed E-state index contributed by atoms with van der Waals surface area (Å²) in [6.45, 7) is 7.28. The van der Waals surface area contributed by atoms with Crippen molar-refractivity contribution >= 4 is 5.78 Å². The molecule has 84 valence electrons. The van der Waals surface area contributed by atoms with Crippen LogP contribution in [0.15, 0.2) is 25.3 Å². The standard InChI is InChI=1S/C13H20O2/c1-3-9-13(15,10-4-2)11-7-5-6-8-12(11)14/h3-4,11,15H,1-2,5-10H2. The first-order valence-corrected chi connectivity index (χ1v) is 5.61. The first kappa shape index (κ1) is 12.2. The zero-order valence-corrected chi connectivity index (χ0v) is 9.24. The van der Waals surface area contributed by atoms with Crippen LogP contribution in [-0.2, 0) is 4.79 Å². The van der Waals surface area contributed by atoms with Gasteiger partial charge in [-0.25, -0.2) is 0 Å². The van der Waals surface area contributed by atoms with E-state index in [1.54, 1.807) is 12.2 Å². The Morgan fingerprint density at radius 1 is 1.33 bits per heavy atom. The molecule has 1 aliphatic rings. The van der Waals surface area contributed by atoms with Crippen molar-refractivity contribution in [3.8, 4) is 0 Å². The average molecular weight is 208 g/mol. The number of carbonyl (C=O) groups excluding carboxylic acids is 1. The quantitative estimate of drug-likeness (QED) is 0.705. The first-order valence-electron chi connectivity index (χ1n) is 5.61. The first-order chi connectivity index (χ1) is 7.14. The number of rotatable bonds is 5. The fraction of sp³-hybridized carbons (Fsp3) is 0.615. The zero-order valence-electron chi connectivity index (χ0n) is 9.24. The summed E-state index contributed by atoms with van der Waals surface area (Å²) >= 11 is 0. The molecule has 0 bridgehead atoms. The Balaban J connectivity index is 2.80. The fourth-order valence-electron chi connectivity index (χ4n) is 2.42. The van der Waals surface area contributed by atoms with Crippen molar-refractivity contribution in [2.24, 2.45) is 5.92 Å². The van der Waals surface area contributed by atoms with E-state index in [0.717, 1.165) is 19.3 Å². The summed E-state index contributed by atoms with van der Waals surface area (Å²) in [5, 5.41) is 10.4. The van der Waals surface area contributed by atoms with Gasteiger partial charge in [-0.3, -0.25) is 4.79 Å². The van der Waals surface area contributed by atoms with E-state index in [2.05, 4.69) is 13.2 Å². The van der Waals surface area contributed by atoms with Crippen molar-refractivity contribution in [2.75, 3.05) is 0 Å². The molecule has 1 aliphatic carbocycles. The maximum Gasteiger partial charge on any atom is 0.138 e. The molecular weight excluding hydrogens is 188 g/mol. The lowest BCUT2D eigenvalue weighted by Crippen LogP contribution is -2.43. The van der Waals surface area contributed by atoms with E-state index < -0.39 is 5.60 Å². The maximum absolute atomic E-state index is 11.8. The van der Waals surface area contributed by atoms with Gasteiger partial charge in [-0.15, -0.1) is 13.2 Å². The molecule has 0 spiro atoms. The molecule has 2 nitrogen and oxygen atoms in total. The fourth-order valence-corrected chi connectivity index (χ4v) is 2.42. The third kappa shape index (κ3) is 2.78. The van der Waals surface area contributed by atoms with Crippen LogP contribution in [0.25, 0.3) is 0 Å². The molecule has 1 unspecified atom stereocenters. The molecule has 1 fully saturated rings. The van der Waals surface area contributed by atoms with Crippen molar-refractivity contribution in [1.29, 1.82) is 0 Å². The highest BCUT2D eigenvalue weighted by atomic mass is 16.3. The van der Waals surface area contributed by atoms with Gasteiger partial charge in [-0.1, -0.05) is 18.6 Å². The van der Waals surface area contributed by atoms with E-state index in [1.807, 2.05) is 0 Å². The van der Waals surface area contributed by atoms with Gasteiger partial charge in [0.05, 0.1) is 5.60 Å². The van der Waals surface area contributed by atoms with E-state index in [9.17, 15) is 9.90 Å². The highest BCUT2D eigenvalue weighted by Crippen LogP contribution is 2.35. The molecule has 0 radical (unpaired) electrons. The minimum atomic E-state index is -0.943. The number of ketones is 1. The lowest BCUT2D eigenvalue weighted by molar-refractivity contribution is -0.135. The molecule has 0 heterocycles. The van der Waals surface area contributed by atoms with Crippen LogP contribution in [0.3, 0.4) is 0 Å².